The fourth-order valence-electron chi connectivity index (χ4n) is 1.88. The topological polar surface area (TPSA) is 67.8 Å². The minimum absolute atomic E-state index is 0.247. The van der Waals surface area contributed by atoms with E-state index in [2.05, 4.69) is 20.3 Å². The molecule has 0 fully saturated rings. The Morgan fingerprint density at radius 2 is 2.00 bits per heavy atom. The van der Waals surface area contributed by atoms with Crippen LogP contribution in [-0.2, 0) is 4.79 Å². The van der Waals surface area contributed by atoms with Gasteiger partial charge >= 0.3 is 0 Å². The summed E-state index contributed by atoms with van der Waals surface area (Å²) in [6, 6.07) is 5.25. The van der Waals surface area contributed by atoms with Crippen LogP contribution >= 0.6 is 23.1 Å². The number of hydrogen-bond acceptors (Lipinski definition) is 6. The van der Waals surface area contributed by atoms with Crippen LogP contribution in [0.3, 0.4) is 0 Å². The SMILES string of the molecule is C[C@@H](Sc1ncccn1)C(=O)Nc1nc(-c2ccc(F)c(F)c2)cs1. The molecule has 9 heteroatoms. The quantitative estimate of drug-likeness (QED) is 0.537. The number of thiazole rings is 1. The zero-order valence-electron chi connectivity index (χ0n) is 12.9. The summed E-state index contributed by atoms with van der Waals surface area (Å²) in [5, 5.41) is 4.84. The van der Waals surface area contributed by atoms with Crippen molar-refractivity contribution in [3.05, 3.63) is 53.7 Å². The first kappa shape index (κ1) is 17.4. The van der Waals surface area contributed by atoms with Gasteiger partial charge in [-0.05, 0) is 31.2 Å². The summed E-state index contributed by atoms with van der Waals surface area (Å²) < 4.78 is 26.3. The van der Waals surface area contributed by atoms with Crippen molar-refractivity contribution in [1.82, 2.24) is 15.0 Å². The first-order chi connectivity index (χ1) is 12.0. The molecule has 0 bridgehead atoms. The van der Waals surface area contributed by atoms with E-state index in [-0.39, 0.29) is 5.91 Å². The molecule has 2 aromatic heterocycles. The molecule has 5 nitrogen and oxygen atoms in total. The zero-order chi connectivity index (χ0) is 17.8. The van der Waals surface area contributed by atoms with Crippen LogP contribution in [0.15, 0.2) is 47.2 Å². The first-order valence-corrected chi connectivity index (χ1v) is 8.94. The number of carbonyl (C=O) groups is 1. The molecule has 0 aliphatic carbocycles. The number of rotatable bonds is 5. The van der Waals surface area contributed by atoms with Gasteiger partial charge in [0, 0.05) is 23.3 Å². The smallest absolute Gasteiger partial charge is 0.239 e. The van der Waals surface area contributed by atoms with Crippen LogP contribution in [0.2, 0.25) is 0 Å². The van der Waals surface area contributed by atoms with Gasteiger partial charge in [-0.15, -0.1) is 11.3 Å². The van der Waals surface area contributed by atoms with E-state index < -0.39 is 16.9 Å². The lowest BCUT2D eigenvalue weighted by Crippen LogP contribution is -2.22. The number of amides is 1. The molecule has 0 unspecified atom stereocenters. The van der Waals surface area contributed by atoms with E-state index in [4.69, 9.17) is 0 Å². The predicted molar refractivity (Wildman–Crippen MR) is 93.4 cm³/mol. The Balaban J connectivity index is 1.66. The van der Waals surface area contributed by atoms with Gasteiger partial charge in [0.2, 0.25) is 5.91 Å². The van der Waals surface area contributed by atoms with Gasteiger partial charge < -0.3 is 5.32 Å². The molecule has 1 N–H and O–H groups in total. The highest BCUT2D eigenvalue weighted by atomic mass is 32.2. The van der Waals surface area contributed by atoms with E-state index in [0.717, 1.165) is 12.1 Å². The van der Waals surface area contributed by atoms with E-state index in [0.29, 0.717) is 21.5 Å². The lowest BCUT2D eigenvalue weighted by molar-refractivity contribution is -0.115. The van der Waals surface area contributed by atoms with E-state index in [1.54, 1.807) is 30.8 Å². The Morgan fingerprint density at radius 3 is 2.72 bits per heavy atom. The zero-order valence-corrected chi connectivity index (χ0v) is 14.6. The van der Waals surface area contributed by atoms with E-state index in [1.807, 2.05) is 0 Å². The fourth-order valence-corrected chi connectivity index (χ4v) is 3.33. The summed E-state index contributed by atoms with van der Waals surface area (Å²) in [4.78, 5) is 24.6. The van der Waals surface area contributed by atoms with Gasteiger partial charge in [0.05, 0.1) is 10.9 Å². The van der Waals surface area contributed by atoms with Gasteiger partial charge in [0.15, 0.2) is 21.9 Å². The summed E-state index contributed by atoms with van der Waals surface area (Å²) in [5.74, 6) is -2.10. The fraction of sp³-hybridized carbons (Fsp3) is 0.125. The standard InChI is InChI=1S/C16H12F2N4OS2/c1-9(25-15-19-5-2-6-20-15)14(23)22-16-21-13(8-24-16)10-3-4-11(17)12(18)7-10/h2-9H,1H3,(H,21,22,23)/t9-/m1/s1. The van der Waals surface area contributed by atoms with Crippen molar-refractivity contribution in [3.8, 4) is 11.3 Å². The molecule has 0 spiro atoms. The molecular formula is C16H12F2N4OS2. The highest BCUT2D eigenvalue weighted by molar-refractivity contribution is 8.00. The number of aromatic nitrogens is 3. The third kappa shape index (κ3) is 4.37. The monoisotopic (exact) mass is 378 g/mol. The summed E-state index contributed by atoms with van der Waals surface area (Å²) in [5.41, 5.74) is 0.904. The van der Waals surface area contributed by atoms with Gasteiger partial charge in [0.25, 0.3) is 0 Å². The van der Waals surface area contributed by atoms with Gasteiger partial charge in [0.1, 0.15) is 0 Å². The third-order valence-electron chi connectivity index (χ3n) is 3.14. The second kappa shape index (κ2) is 7.66. The molecule has 0 aliphatic heterocycles. The van der Waals surface area contributed by atoms with Crippen molar-refractivity contribution in [2.75, 3.05) is 5.32 Å². The van der Waals surface area contributed by atoms with Crippen molar-refractivity contribution < 1.29 is 13.6 Å². The molecule has 0 aliphatic rings. The van der Waals surface area contributed by atoms with Crippen molar-refractivity contribution in [2.45, 2.75) is 17.3 Å². The molecule has 128 valence electrons. The second-order valence-corrected chi connectivity index (χ2v) is 7.11. The normalized spacial score (nSPS) is 12.0. The Morgan fingerprint density at radius 1 is 1.24 bits per heavy atom. The minimum atomic E-state index is -0.941. The van der Waals surface area contributed by atoms with Crippen molar-refractivity contribution in [2.24, 2.45) is 0 Å². The van der Waals surface area contributed by atoms with Crippen LogP contribution in [0.5, 0.6) is 0 Å². The van der Waals surface area contributed by atoms with E-state index >= 15 is 0 Å². The molecule has 1 amide bonds. The molecule has 25 heavy (non-hydrogen) atoms. The van der Waals surface area contributed by atoms with Gasteiger partial charge in [-0.3, -0.25) is 4.79 Å². The summed E-state index contributed by atoms with van der Waals surface area (Å²) in [6.07, 6.45) is 3.21. The van der Waals surface area contributed by atoms with Gasteiger partial charge in [-0.25, -0.2) is 23.7 Å². The molecular weight excluding hydrogens is 366 g/mol. The number of anilines is 1. The Bertz CT molecular complexity index is 889. The van der Waals surface area contributed by atoms with Crippen molar-refractivity contribution >= 4 is 34.1 Å². The molecule has 0 saturated heterocycles. The molecule has 2 heterocycles. The molecule has 1 atom stereocenters. The van der Waals surface area contributed by atoms with Crippen LogP contribution in [0.25, 0.3) is 11.3 Å². The number of halogens is 2. The number of thioether (sulfide) groups is 1. The van der Waals surface area contributed by atoms with E-state index in [9.17, 15) is 13.6 Å². The summed E-state index contributed by atoms with van der Waals surface area (Å²) in [6.45, 7) is 1.74. The molecule has 3 aromatic rings. The number of nitrogens with one attached hydrogen (secondary N) is 1. The van der Waals surface area contributed by atoms with Crippen LogP contribution in [0.4, 0.5) is 13.9 Å². The van der Waals surface area contributed by atoms with Crippen LogP contribution in [0, 0.1) is 11.6 Å². The maximum absolute atomic E-state index is 13.3. The number of carbonyl (C=O) groups excluding carboxylic acids is 1. The summed E-state index contributed by atoms with van der Waals surface area (Å²) >= 11 is 2.44. The lowest BCUT2D eigenvalue weighted by atomic mass is 10.2. The Kier molecular flexibility index (Phi) is 5.34. The molecule has 0 radical (unpaired) electrons. The first-order valence-electron chi connectivity index (χ1n) is 7.18. The number of nitrogens with zero attached hydrogens (tertiary/aromatic N) is 3. The maximum atomic E-state index is 13.3. The maximum Gasteiger partial charge on any atom is 0.239 e. The van der Waals surface area contributed by atoms with Crippen molar-refractivity contribution in [1.29, 1.82) is 0 Å². The third-order valence-corrected chi connectivity index (χ3v) is 4.89. The molecule has 3 rings (SSSR count). The average molecular weight is 378 g/mol. The van der Waals surface area contributed by atoms with Crippen LogP contribution in [0.1, 0.15) is 6.92 Å². The lowest BCUT2D eigenvalue weighted by Gasteiger charge is -2.08. The largest absolute Gasteiger partial charge is 0.301 e. The molecule has 0 saturated carbocycles. The minimum Gasteiger partial charge on any atom is -0.301 e. The second-order valence-electron chi connectivity index (χ2n) is 4.95. The predicted octanol–water partition coefficient (Wildman–Crippen LogP) is 4.00. The summed E-state index contributed by atoms with van der Waals surface area (Å²) in [7, 11) is 0. The number of hydrogen-bond donors (Lipinski definition) is 1. The number of benzene rings is 1. The van der Waals surface area contributed by atoms with Crippen LogP contribution < -0.4 is 5.32 Å². The average Bonchev–Trinajstić information content (AvgIpc) is 3.06. The van der Waals surface area contributed by atoms with Crippen molar-refractivity contribution in [3.63, 3.8) is 0 Å². The van der Waals surface area contributed by atoms with Crippen LogP contribution in [-0.4, -0.2) is 26.1 Å². The Labute approximate surface area is 150 Å². The molecule has 1 aromatic carbocycles. The Hall–Kier alpha value is -2.39. The highest BCUT2D eigenvalue weighted by Crippen LogP contribution is 2.27. The van der Waals surface area contributed by atoms with Gasteiger partial charge in [-0.1, -0.05) is 11.8 Å². The van der Waals surface area contributed by atoms with E-state index in [1.165, 1.54) is 29.2 Å². The highest BCUT2D eigenvalue weighted by Gasteiger charge is 2.17. The van der Waals surface area contributed by atoms with Gasteiger partial charge in [-0.2, -0.15) is 0 Å².